The van der Waals surface area contributed by atoms with E-state index in [9.17, 15) is 4.79 Å². The van der Waals surface area contributed by atoms with Gasteiger partial charge in [-0.15, -0.1) is 10.2 Å². The van der Waals surface area contributed by atoms with Gasteiger partial charge in [0, 0.05) is 36.5 Å². The predicted molar refractivity (Wildman–Crippen MR) is 123 cm³/mol. The largest absolute Gasteiger partial charge is 0.493 e. The van der Waals surface area contributed by atoms with Crippen molar-refractivity contribution in [2.45, 2.75) is 19.0 Å². The number of ether oxygens (including phenoxy) is 1. The number of anilines is 1. The highest BCUT2D eigenvalue weighted by molar-refractivity contribution is 5.95. The average Bonchev–Trinajstić information content (AvgIpc) is 3.24. The molecule has 9 heteroatoms. The van der Waals surface area contributed by atoms with Gasteiger partial charge >= 0.3 is 0 Å². The SMILES string of the molecule is Cn1c(CNc2cccc(C(=O)N[C@@H]3CCOc4ccccc43)c2)nnc1-c1ccncn1. The Morgan fingerprint density at radius 3 is 2.94 bits per heavy atom. The number of aromatic nitrogens is 5. The molecule has 1 aliphatic heterocycles. The first-order valence-corrected chi connectivity index (χ1v) is 10.7. The molecule has 9 nitrogen and oxygen atoms in total. The number of para-hydroxylation sites is 1. The van der Waals surface area contributed by atoms with E-state index in [2.05, 4.69) is 30.8 Å². The highest BCUT2D eigenvalue weighted by Crippen LogP contribution is 2.31. The summed E-state index contributed by atoms with van der Waals surface area (Å²) in [5, 5.41) is 15.0. The maximum absolute atomic E-state index is 12.9. The molecule has 2 aromatic carbocycles. The zero-order valence-corrected chi connectivity index (χ0v) is 18.1. The minimum absolute atomic E-state index is 0.0714. The Hall–Kier alpha value is -4.27. The number of carbonyl (C=O) groups is 1. The van der Waals surface area contributed by atoms with Crippen LogP contribution in [0.2, 0.25) is 0 Å². The molecular weight excluding hydrogens is 418 g/mol. The molecule has 33 heavy (non-hydrogen) atoms. The van der Waals surface area contributed by atoms with Crippen LogP contribution in [0.1, 0.15) is 34.2 Å². The Balaban J connectivity index is 1.26. The van der Waals surface area contributed by atoms with E-state index in [0.717, 1.165) is 29.2 Å². The number of fused-ring (bicyclic) bond motifs is 1. The second-order valence-electron chi connectivity index (χ2n) is 7.73. The molecule has 5 rings (SSSR count). The highest BCUT2D eigenvalue weighted by atomic mass is 16.5. The standard InChI is InChI=1S/C24H23N7O2/c1-31-22(29-30-23(31)20-9-11-25-15-27-20)14-26-17-6-4-5-16(13-17)24(32)28-19-10-12-33-21-8-3-2-7-18(19)21/h2-9,11,13,15,19,26H,10,12,14H2,1H3,(H,28,32)/t19-/m1/s1. The van der Waals surface area contributed by atoms with Gasteiger partial charge in [-0.25, -0.2) is 9.97 Å². The monoisotopic (exact) mass is 441 g/mol. The molecule has 0 spiro atoms. The van der Waals surface area contributed by atoms with Gasteiger partial charge in [-0.1, -0.05) is 24.3 Å². The summed E-state index contributed by atoms with van der Waals surface area (Å²) in [5.41, 5.74) is 3.12. The van der Waals surface area contributed by atoms with Gasteiger partial charge in [-0.3, -0.25) is 4.79 Å². The molecule has 4 aromatic rings. The van der Waals surface area contributed by atoms with Crippen molar-refractivity contribution < 1.29 is 9.53 Å². The number of hydrogen-bond donors (Lipinski definition) is 2. The summed E-state index contributed by atoms with van der Waals surface area (Å²) in [6.45, 7) is 1.03. The molecule has 0 unspecified atom stereocenters. The molecule has 1 atom stereocenters. The zero-order chi connectivity index (χ0) is 22.6. The normalized spacial score (nSPS) is 14.8. The third kappa shape index (κ3) is 4.38. The highest BCUT2D eigenvalue weighted by Gasteiger charge is 2.23. The summed E-state index contributed by atoms with van der Waals surface area (Å²) < 4.78 is 7.58. The van der Waals surface area contributed by atoms with Crippen molar-refractivity contribution in [2.75, 3.05) is 11.9 Å². The smallest absolute Gasteiger partial charge is 0.251 e. The molecule has 1 amide bonds. The van der Waals surface area contributed by atoms with Crippen LogP contribution >= 0.6 is 0 Å². The van der Waals surface area contributed by atoms with E-state index in [-0.39, 0.29) is 11.9 Å². The molecular formula is C24H23N7O2. The van der Waals surface area contributed by atoms with Gasteiger partial charge in [0.1, 0.15) is 17.8 Å². The summed E-state index contributed by atoms with van der Waals surface area (Å²) >= 11 is 0. The second kappa shape index (κ2) is 9.07. The fraction of sp³-hybridized carbons (Fsp3) is 0.208. The van der Waals surface area contributed by atoms with Crippen LogP contribution in [0, 0.1) is 0 Å². The van der Waals surface area contributed by atoms with E-state index in [1.165, 1.54) is 6.33 Å². The summed E-state index contributed by atoms with van der Waals surface area (Å²) in [4.78, 5) is 21.1. The number of amides is 1. The van der Waals surface area contributed by atoms with Crippen LogP contribution in [0.3, 0.4) is 0 Å². The number of nitrogens with one attached hydrogen (secondary N) is 2. The molecule has 0 radical (unpaired) electrons. The van der Waals surface area contributed by atoms with Crippen molar-refractivity contribution >= 4 is 11.6 Å². The maximum Gasteiger partial charge on any atom is 0.251 e. The molecule has 0 aliphatic carbocycles. The number of rotatable bonds is 6. The van der Waals surface area contributed by atoms with Crippen LogP contribution in [0.5, 0.6) is 5.75 Å². The van der Waals surface area contributed by atoms with Crippen LogP contribution in [0.4, 0.5) is 5.69 Å². The van der Waals surface area contributed by atoms with E-state index in [0.29, 0.717) is 30.2 Å². The first-order valence-electron chi connectivity index (χ1n) is 10.7. The third-order valence-corrected chi connectivity index (χ3v) is 5.62. The first-order chi connectivity index (χ1) is 16.2. The number of nitrogens with zero attached hydrogens (tertiary/aromatic N) is 5. The zero-order valence-electron chi connectivity index (χ0n) is 18.1. The quantitative estimate of drug-likeness (QED) is 0.473. The minimum atomic E-state index is -0.120. The van der Waals surface area contributed by atoms with Gasteiger partial charge in [0.25, 0.3) is 5.91 Å². The Bertz CT molecular complexity index is 1270. The molecule has 3 heterocycles. The third-order valence-electron chi connectivity index (χ3n) is 5.62. The van der Waals surface area contributed by atoms with E-state index < -0.39 is 0 Å². The summed E-state index contributed by atoms with van der Waals surface area (Å²) in [5.74, 6) is 2.12. The number of benzene rings is 2. The van der Waals surface area contributed by atoms with Crippen molar-refractivity contribution in [3.8, 4) is 17.3 Å². The molecule has 0 bridgehead atoms. The van der Waals surface area contributed by atoms with Crippen LogP contribution < -0.4 is 15.4 Å². The Morgan fingerprint density at radius 2 is 2.06 bits per heavy atom. The van der Waals surface area contributed by atoms with Crippen LogP contribution in [-0.2, 0) is 13.6 Å². The van der Waals surface area contributed by atoms with Gasteiger partial charge < -0.3 is 19.9 Å². The molecule has 1 aliphatic rings. The van der Waals surface area contributed by atoms with E-state index in [1.54, 1.807) is 18.3 Å². The van der Waals surface area contributed by atoms with Gasteiger partial charge in [0.15, 0.2) is 11.6 Å². The van der Waals surface area contributed by atoms with Crippen molar-refractivity contribution in [1.29, 1.82) is 0 Å². The van der Waals surface area contributed by atoms with E-state index in [4.69, 9.17) is 4.74 Å². The summed E-state index contributed by atoms with van der Waals surface area (Å²) in [6, 6.07) is 17.0. The molecule has 166 valence electrons. The topological polar surface area (TPSA) is 107 Å². The summed E-state index contributed by atoms with van der Waals surface area (Å²) in [7, 11) is 1.89. The fourth-order valence-electron chi connectivity index (χ4n) is 3.85. The lowest BCUT2D eigenvalue weighted by Gasteiger charge is -2.26. The van der Waals surface area contributed by atoms with Crippen molar-refractivity contribution in [1.82, 2.24) is 30.0 Å². The second-order valence-corrected chi connectivity index (χ2v) is 7.73. The van der Waals surface area contributed by atoms with Crippen LogP contribution in [-0.4, -0.2) is 37.2 Å². The molecule has 2 N–H and O–H groups in total. The van der Waals surface area contributed by atoms with Crippen molar-refractivity contribution in [2.24, 2.45) is 7.05 Å². The predicted octanol–water partition coefficient (Wildman–Crippen LogP) is 3.14. The van der Waals surface area contributed by atoms with Crippen LogP contribution in [0.15, 0.2) is 67.1 Å². The molecule has 0 saturated heterocycles. The van der Waals surface area contributed by atoms with Gasteiger partial charge in [-0.05, 0) is 30.3 Å². The minimum Gasteiger partial charge on any atom is -0.493 e. The van der Waals surface area contributed by atoms with E-state index >= 15 is 0 Å². The lowest BCUT2D eigenvalue weighted by molar-refractivity contribution is 0.0925. The molecule has 0 saturated carbocycles. The Morgan fingerprint density at radius 1 is 1.15 bits per heavy atom. The van der Waals surface area contributed by atoms with Gasteiger partial charge in [0.2, 0.25) is 0 Å². The number of carbonyl (C=O) groups excluding carboxylic acids is 1. The molecule has 2 aromatic heterocycles. The van der Waals surface area contributed by atoms with Crippen molar-refractivity contribution in [3.63, 3.8) is 0 Å². The fourth-order valence-corrected chi connectivity index (χ4v) is 3.85. The lowest BCUT2D eigenvalue weighted by Crippen LogP contribution is -2.32. The Kier molecular flexibility index (Phi) is 5.67. The summed E-state index contributed by atoms with van der Waals surface area (Å²) in [6.07, 6.45) is 3.89. The maximum atomic E-state index is 12.9. The number of hydrogen-bond acceptors (Lipinski definition) is 7. The van der Waals surface area contributed by atoms with Crippen molar-refractivity contribution in [3.05, 3.63) is 84.1 Å². The Labute approximate surface area is 190 Å². The molecule has 0 fully saturated rings. The first kappa shape index (κ1) is 20.6. The van der Waals surface area contributed by atoms with Crippen LogP contribution in [0.25, 0.3) is 11.5 Å². The van der Waals surface area contributed by atoms with Gasteiger partial charge in [0.05, 0.1) is 19.2 Å². The van der Waals surface area contributed by atoms with Gasteiger partial charge in [-0.2, -0.15) is 0 Å². The van der Waals surface area contributed by atoms with E-state index in [1.807, 2.05) is 54.1 Å². The lowest BCUT2D eigenvalue weighted by atomic mass is 10.00. The average molecular weight is 441 g/mol.